The molecule has 0 N–H and O–H groups in total. The highest BCUT2D eigenvalue weighted by molar-refractivity contribution is 5.96. The minimum atomic E-state index is -0.358. The highest BCUT2D eigenvalue weighted by atomic mass is 16.6. The monoisotopic (exact) mass is 455 g/mol. The minimum Gasteiger partial charge on any atom is -0.353 e. The fraction of sp³-hybridized carbons (Fsp3) is 0.240. The first-order chi connectivity index (χ1) is 16.7. The SMILES string of the molecule is CCN(c1ncnc(N2CCN(c3ccccn3)CC2)c1[N+](=O)[O-])c1cccc2ccccc12. The molecule has 0 atom stereocenters. The molecule has 9 nitrogen and oxygen atoms in total. The summed E-state index contributed by atoms with van der Waals surface area (Å²) in [6.07, 6.45) is 3.20. The second-order valence-electron chi connectivity index (χ2n) is 8.03. The van der Waals surface area contributed by atoms with Gasteiger partial charge in [-0.05, 0) is 30.5 Å². The average molecular weight is 456 g/mol. The number of piperazine rings is 1. The van der Waals surface area contributed by atoms with Gasteiger partial charge in [0.25, 0.3) is 0 Å². The van der Waals surface area contributed by atoms with Crippen molar-refractivity contribution in [3.8, 4) is 0 Å². The van der Waals surface area contributed by atoms with Crippen LogP contribution in [-0.2, 0) is 0 Å². The number of pyridine rings is 1. The lowest BCUT2D eigenvalue weighted by molar-refractivity contribution is -0.383. The Morgan fingerprint density at radius 3 is 2.38 bits per heavy atom. The lowest BCUT2D eigenvalue weighted by Crippen LogP contribution is -2.47. The van der Waals surface area contributed by atoms with Crippen LogP contribution in [0.3, 0.4) is 0 Å². The molecule has 2 aromatic heterocycles. The molecule has 0 radical (unpaired) electrons. The van der Waals surface area contributed by atoms with Gasteiger partial charge in [0, 0.05) is 44.3 Å². The molecule has 0 bridgehead atoms. The first-order valence-corrected chi connectivity index (χ1v) is 11.3. The Kier molecular flexibility index (Phi) is 5.90. The smallest absolute Gasteiger partial charge is 0.353 e. The topological polar surface area (TPSA) is 91.5 Å². The molecule has 0 aliphatic carbocycles. The molecular weight excluding hydrogens is 430 g/mol. The summed E-state index contributed by atoms with van der Waals surface area (Å²) < 4.78 is 0. The van der Waals surface area contributed by atoms with Gasteiger partial charge in [-0.1, -0.05) is 42.5 Å². The van der Waals surface area contributed by atoms with Crippen molar-refractivity contribution in [2.75, 3.05) is 47.4 Å². The molecule has 172 valence electrons. The molecule has 4 aromatic rings. The van der Waals surface area contributed by atoms with Gasteiger partial charge in [-0.25, -0.2) is 15.0 Å². The van der Waals surface area contributed by atoms with Crippen LogP contribution in [-0.4, -0.2) is 52.6 Å². The third-order valence-corrected chi connectivity index (χ3v) is 6.15. The van der Waals surface area contributed by atoms with Crippen molar-refractivity contribution in [2.24, 2.45) is 0 Å². The predicted molar refractivity (Wildman–Crippen MR) is 134 cm³/mol. The predicted octanol–water partition coefficient (Wildman–Crippen LogP) is 4.42. The zero-order valence-corrected chi connectivity index (χ0v) is 18.9. The van der Waals surface area contributed by atoms with Gasteiger partial charge in [-0.15, -0.1) is 0 Å². The van der Waals surface area contributed by atoms with Crippen LogP contribution in [0, 0.1) is 10.1 Å². The Bertz CT molecular complexity index is 1300. The summed E-state index contributed by atoms with van der Waals surface area (Å²) in [6.45, 7) is 5.11. The van der Waals surface area contributed by atoms with Crippen molar-refractivity contribution in [3.63, 3.8) is 0 Å². The third-order valence-electron chi connectivity index (χ3n) is 6.15. The van der Waals surface area contributed by atoms with Gasteiger partial charge in [-0.2, -0.15) is 0 Å². The molecule has 1 aliphatic rings. The summed E-state index contributed by atoms with van der Waals surface area (Å²) in [4.78, 5) is 31.2. The normalized spacial score (nSPS) is 13.8. The molecule has 1 saturated heterocycles. The quantitative estimate of drug-likeness (QED) is 0.312. The first kappa shape index (κ1) is 21.6. The van der Waals surface area contributed by atoms with Gasteiger partial charge in [-0.3, -0.25) is 10.1 Å². The van der Waals surface area contributed by atoms with Crippen molar-refractivity contribution in [1.29, 1.82) is 0 Å². The van der Waals surface area contributed by atoms with E-state index in [9.17, 15) is 10.1 Å². The van der Waals surface area contributed by atoms with Gasteiger partial charge in [0.2, 0.25) is 11.6 Å². The van der Waals surface area contributed by atoms with Crippen LogP contribution >= 0.6 is 0 Å². The summed E-state index contributed by atoms with van der Waals surface area (Å²) in [5, 5.41) is 14.4. The summed E-state index contributed by atoms with van der Waals surface area (Å²) in [6, 6.07) is 19.8. The number of hydrogen-bond donors (Lipinski definition) is 0. The molecule has 0 saturated carbocycles. The highest BCUT2D eigenvalue weighted by Crippen LogP contribution is 2.39. The molecule has 34 heavy (non-hydrogen) atoms. The van der Waals surface area contributed by atoms with E-state index in [0.29, 0.717) is 44.4 Å². The summed E-state index contributed by atoms with van der Waals surface area (Å²) in [5.74, 6) is 1.57. The Balaban J connectivity index is 1.51. The van der Waals surface area contributed by atoms with Crippen LogP contribution in [0.5, 0.6) is 0 Å². The van der Waals surface area contributed by atoms with E-state index >= 15 is 0 Å². The molecule has 9 heteroatoms. The molecule has 0 unspecified atom stereocenters. The van der Waals surface area contributed by atoms with Crippen molar-refractivity contribution in [3.05, 3.63) is 83.3 Å². The first-order valence-electron chi connectivity index (χ1n) is 11.3. The van der Waals surface area contributed by atoms with E-state index in [4.69, 9.17) is 0 Å². The van der Waals surface area contributed by atoms with Crippen molar-refractivity contribution < 1.29 is 4.92 Å². The average Bonchev–Trinajstić information content (AvgIpc) is 2.89. The van der Waals surface area contributed by atoms with Crippen LogP contribution in [0.25, 0.3) is 10.8 Å². The molecular formula is C25H25N7O2. The zero-order valence-electron chi connectivity index (χ0n) is 18.9. The maximum atomic E-state index is 12.3. The van der Waals surface area contributed by atoms with Gasteiger partial charge >= 0.3 is 5.69 Å². The maximum Gasteiger partial charge on any atom is 0.353 e. The lowest BCUT2D eigenvalue weighted by Gasteiger charge is -2.36. The fourth-order valence-electron chi connectivity index (χ4n) is 4.52. The fourth-order valence-corrected chi connectivity index (χ4v) is 4.52. The van der Waals surface area contributed by atoms with E-state index < -0.39 is 0 Å². The number of anilines is 4. The Labute approximate surface area is 197 Å². The van der Waals surface area contributed by atoms with Crippen LogP contribution < -0.4 is 14.7 Å². The third kappa shape index (κ3) is 3.96. The van der Waals surface area contributed by atoms with E-state index in [2.05, 4.69) is 19.9 Å². The molecule has 0 spiro atoms. The van der Waals surface area contributed by atoms with Crippen LogP contribution in [0.4, 0.5) is 28.8 Å². The number of nitrogens with zero attached hydrogens (tertiary/aromatic N) is 7. The molecule has 3 heterocycles. The Morgan fingerprint density at radius 2 is 1.65 bits per heavy atom. The van der Waals surface area contributed by atoms with Crippen LogP contribution in [0.2, 0.25) is 0 Å². The molecule has 1 fully saturated rings. The van der Waals surface area contributed by atoms with Gasteiger partial charge in [0.05, 0.1) is 10.6 Å². The lowest BCUT2D eigenvalue weighted by atomic mass is 10.1. The number of benzene rings is 2. The standard InChI is InChI=1S/C25H25N7O2/c1-2-31(21-11-7-9-19-8-3-4-10-20(19)21)25-23(32(33)34)24(27-18-28-25)30-16-14-29(15-17-30)22-12-5-6-13-26-22/h3-13,18H,2,14-17H2,1H3. The highest BCUT2D eigenvalue weighted by Gasteiger charge is 2.32. The van der Waals surface area contributed by atoms with E-state index in [1.165, 1.54) is 6.33 Å². The molecule has 5 rings (SSSR count). The summed E-state index contributed by atoms with van der Waals surface area (Å²) in [5.41, 5.74) is 0.817. The van der Waals surface area contributed by atoms with Crippen molar-refractivity contribution in [1.82, 2.24) is 15.0 Å². The molecule has 2 aromatic carbocycles. The van der Waals surface area contributed by atoms with Gasteiger partial charge in [0.1, 0.15) is 12.1 Å². The van der Waals surface area contributed by atoms with E-state index in [1.54, 1.807) is 6.20 Å². The van der Waals surface area contributed by atoms with E-state index in [0.717, 1.165) is 22.3 Å². The van der Waals surface area contributed by atoms with E-state index in [-0.39, 0.29) is 10.6 Å². The second kappa shape index (κ2) is 9.30. The van der Waals surface area contributed by atoms with E-state index in [1.807, 2.05) is 77.4 Å². The van der Waals surface area contributed by atoms with Crippen LogP contribution in [0.1, 0.15) is 6.92 Å². The number of aromatic nitrogens is 3. The van der Waals surface area contributed by atoms with Crippen molar-refractivity contribution >= 4 is 39.6 Å². The molecule has 1 aliphatic heterocycles. The van der Waals surface area contributed by atoms with Gasteiger partial charge < -0.3 is 14.7 Å². The van der Waals surface area contributed by atoms with Crippen LogP contribution in [0.15, 0.2) is 73.2 Å². The zero-order chi connectivity index (χ0) is 23.5. The Morgan fingerprint density at radius 1 is 0.912 bits per heavy atom. The number of rotatable bonds is 6. The van der Waals surface area contributed by atoms with Crippen molar-refractivity contribution in [2.45, 2.75) is 6.92 Å². The van der Waals surface area contributed by atoms with Gasteiger partial charge in [0.15, 0.2) is 0 Å². The second-order valence-corrected chi connectivity index (χ2v) is 8.03. The minimum absolute atomic E-state index is 0.0661. The Hall–Kier alpha value is -4.27. The summed E-state index contributed by atoms with van der Waals surface area (Å²) in [7, 11) is 0. The number of nitro groups is 1. The molecule has 0 amide bonds. The maximum absolute atomic E-state index is 12.3. The summed E-state index contributed by atoms with van der Waals surface area (Å²) >= 11 is 0. The number of hydrogen-bond acceptors (Lipinski definition) is 8. The largest absolute Gasteiger partial charge is 0.353 e. The number of fused-ring (bicyclic) bond motifs is 1.